The third-order valence-electron chi connectivity index (χ3n) is 3.90. The molecule has 1 aromatic carbocycles. The molecule has 2 rings (SSSR count). The smallest absolute Gasteiger partial charge is 0.240 e. The second-order valence-electron chi connectivity index (χ2n) is 5.34. The van der Waals surface area contributed by atoms with Gasteiger partial charge in [0.25, 0.3) is 0 Å². The zero-order valence-electron chi connectivity index (χ0n) is 11.5. The summed E-state index contributed by atoms with van der Waals surface area (Å²) in [6, 6.07) is 2.48. The van der Waals surface area contributed by atoms with Gasteiger partial charge < -0.3 is 5.11 Å². The predicted octanol–water partition coefficient (Wildman–Crippen LogP) is 2.09. The van der Waals surface area contributed by atoms with Crippen LogP contribution in [0, 0.1) is 18.7 Å². The third-order valence-corrected chi connectivity index (χ3v) is 5.49. The molecule has 6 heteroatoms. The quantitative estimate of drug-likeness (QED) is 0.845. The van der Waals surface area contributed by atoms with Crippen molar-refractivity contribution in [3.05, 3.63) is 29.1 Å². The SMILES string of the molecule is Cc1c(F)cc(CO)cc1S(=O)(=O)NCCC1CCC1. The second-order valence-corrected chi connectivity index (χ2v) is 7.08. The summed E-state index contributed by atoms with van der Waals surface area (Å²) >= 11 is 0. The minimum Gasteiger partial charge on any atom is -0.392 e. The molecule has 0 heterocycles. The van der Waals surface area contributed by atoms with E-state index in [9.17, 15) is 12.8 Å². The van der Waals surface area contributed by atoms with Gasteiger partial charge in [-0.25, -0.2) is 17.5 Å². The van der Waals surface area contributed by atoms with Crippen LogP contribution in [-0.4, -0.2) is 20.1 Å². The first kappa shape index (κ1) is 15.4. The Bertz CT molecular complexity index is 582. The number of aliphatic hydroxyl groups is 1. The number of sulfonamides is 1. The maximum Gasteiger partial charge on any atom is 0.240 e. The molecule has 0 radical (unpaired) electrons. The highest BCUT2D eigenvalue weighted by atomic mass is 32.2. The van der Waals surface area contributed by atoms with Crippen LogP contribution in [0.4, 0.5) is 4.39 Å². The molecule has 4 nitrogen and oxygen atoms in total. The summed E-state index contributed by atoms with van der Waals surface area (Å²) in [4.78, 5) is -0.0878. The lowest BCUT2D eigenvalue weighted by molar-refractivity contribution is 0.281. The Balaban J connectivity index is 2.13. The average molecular weight is 301 g/mol. The first-order valence-corrected chi connectivity index (χ1v) is 8.32. The predicted molar refractivity (Wildman–Crippen MR) is 74.2 cm³/mol. The van der Waals surface area contributed by atoms with Gasteiger partial charge in [0.2, 0.25) is 10.0 Å². The van der Waals surface area contributed by atoms with Gasteiger partial charge in [-0.2, -0.15) is 0 Å². The van der Waals surface area contributed by atoms with Crippen molar-refractivity contribution in [2.24, 2.45) is 5.92 Å². The Hall–Kier alpha value is -0.980. The fourth-order valence-corrected chi connectivity index (χ4v) is 3.68. The Morgan fingerprint density at radius 3 is 2.65 bits per heavy atom. The highest BCUT2D eigenvalue weighted by molar-refractivity contribution is 7.89. The van der Waals surface area contributed by atoms with Crippen molar-refractivity contribution in [1.82, 2.24) is 4.72 Å². The van der Waals surface area contributed by atoms with E-state index < -0.39 is 15.8 Å². The van der Waals surface area contributed by atoms with Crippen molar-refractivity contribution in [3.63, 3.8) is 0 Å². The lowest BCUT2D eigenvalue weighted by Gasteiger charge is -2.25. The molecule has 20 heavy (non-hydrogen) atoms. The Kier molecular flexibility index (Phi) is 4.78. The molecule has 0 saturated heterocycles. The van der Waals surface area contributed by atoms with Gasteiger partial charge in [0.05, 0.1) is 11.5 Å². The standard InChI is InChI=1S/C14H20FNO3S/c1-10-13(15)7-12(9-17)8-14(10)20(18,19)16-6-5-11-3-2-4-11/h7-8,11,16-17H,2-6,9H2,1H3. The topological polar surface area (TPSA) is 66.4 Å². The van der Waals surface area contributed by atoms with Gasteiger partial charge in [-0.05, 0) is 37.0 Å². The van der Waals surface area contributed by atoms with E-state index in [1.165, 1.54) is 19.4 Å². The molecule has 0 aliphatic heterocycles. The number of hydrogen-bond donors (Lipinski definition) is 2. The fourth-order valence-electron chi connectivity index (χ4n) is 2.33. The number of aliphatic hydroxyl groups excluding tert-OH is 1. The Morgan fingerprint density at radius 2 is 2.10 bits per heavy atom. The molecule has 0 unspecified atom stereocenters. The highest BCUT2D eigenvalue weighted by Gasteiger charge is 2.22. The van der Waals surface area contributed by atoms with Crippen LogP contribution in [0.3, 0.4) is 0 Å². The average Bonchev–Trinajstić information content (AvgIpc) is 2.35. The summed E-state index contributed by atoms with van der Waals surface area (Å²) in [6.07, 6.45) is 4.37. The minimum atomic E-state index is -3.73. The molecule has 0 atom stereocenters. The molecule has 2 N–H and O–H groups in total. The number of hydrogen-bond acceptors (Lipinski definition) is 3. The van der Waals surface area contributed by atoms with Crippen LogP contribution in [0.1, 0.15) is 36.8 Å². The van der Waals surface area contributed by atoms with Crippen molar-refractivity contribution in [2.75, 3.05) is 6.54 Å². The molecule has 1 fully saturated rings. The second kappa shape index (κ2) is 6.20. The molecule has 0 bridgehead atoms. The summed E-state index contributed by atoms with van der Waals surface area (Å²) in [5.41, 5.74) is 0.339. The van der Waals surface area contributed by atoms with Crippen LogP contribution in [0.5, 0.6) is 0 Å². The van der Waals surface area contributed by atoms with Gasteiger partial charge in [-0.1, -0.05) is 19.3 Å². The van der Waals surface area contributed by atoms with Crippen LogP contribution in [0.2, 0.25) is 0 Å². The van der Waals surface area contributed by atoms with Crippen molar-refractivity contribution in [3.8, 4) is 0 Å². The molecule has 112 valence electrons. The van der Waals surface area contributed by atoms with E-state index in [4.69, 9.17) is 5.11 Å². The number of nitrogens with one attached hydrogen (secondary N) is 1. The molecule has 0 aromatic heterocycles. The van der Waals surface area contributed by atoms with Crippen molar-refractivity contribution in [1.29, 1.82) is 0 Å². The van der Waals surface area contributed by atoms with Crippen LogP contribution in [0.25, 0.3) is 0 Å². The van der Waals surface area contributed by atoms with E-state index in [0.717, 1.165) is 25.3 Å². The molecular formula is C14H20FNO3S. The largest absolute Gasteiger partial charge is 0.392 e. The van der Waals surface area contributed by atoms with Crippen LogP contribution in [-0.2, 0) is 16.6 Å². The molecule has 0 amide bonds. The lowest BCUT2D eigenvalue weighted by Crippen LogP contribution is -2.28. The van der Waals surface area contributed by atoms with Crippen LogP contribution < -0.4 is 4.72 Å². The highest BCUT2D eigenvalue weighted by Crippen LogP contribution is 2.29. The van der Waals surface area contributed by atoms with Gasteiger partial charge in [0.15, 0.2) is 0 Å². The van der Waals surface area contributed by atoms with Gasteiger partial charge in [-0.15, -0.1) is 0 Å². The van der Waals surface area contributed by atoms with Gasteiger partial charge in [-0.3, -0.25) is 0 Å². The van der Waals surface area contributed by atoms with E-state index >= 15 is 0 Å². The van der Waals surface area contributed by atoms with E-state index in [1.54, 1.807) is 0 Å². The lowest BCUT2D eigenvalue weighted by atomic mass is 9.83. The molecule has 1 saturated carbocycles. The zero-order chi connectivity index (χ0) is 14.8. The van der Waals surface area contributed by atoms with Crippen LogP contribution >= 0.6 is 0 Å². The monoisotopic (exact) mass is 301 g/mol. The number of rotatable bonds is 6. The fraction of sp³-hybridized carbons (Fsp3) is 0.571. The van der Waals surface area contributed by atoms with E-state index in [0.29, 0.717) is 12.5 Å². The van der Waals surface area contributed by atoms with Gasteiger partial charge in [0, 0.05) is 12.1 Å². The first-order chi connectivity index (χ1) is 9.44. The summed E-state index contributed by atoms with van der Waals surface area (Å²) in [5, 5.41) is 9.05. The molecule has 1 aliphatic rings. The van der Waals surface area contributed by atoms with E-state index in [1.807, 2.05) is 0 Å². The molecule has 1 aliphatic carbocycles. The summed E-state index contributed by atoms with van der Waals surface area (Å²) in [7, 11) is -3.73. The van der Waals surface area contributed by atoms with Crippen molar-refractivity contribution < 1.29 is 17.9 Å². The first-order valence-electron chi connectivity index (χ1n) is 6.83. The minimum absolute atomic E-state index is 0.0818. The maximum atomic E-state index is 13.7. The molecule has 0 spiro atoms. The number of benzene rings is 1. The van der Waals surface area contributed by atoms with Gasteiger partial charge >= 0.3 is 0 Å². The van der Waals surface area contributed by atoms with E-state index in [2.05, 4.69) is 4.72 Å². The summed E-state index contributed by atoms with van der Waals surface area (Å²) < 4.78 is 40.6. The summed E-state index contributed by atoms with van der Waals surface area (Å²) in [6.45, 7) is 1.41. The van der Waals surface area contributed by atoms with Crippen molar-refractivity contribution in [2.45, 2.75) is 44.1 Å². The third kappa shape index (κ3) is 3.37. The molecular weight excluding hydrogens is 281 g/mol. The zero-order valence-corrected chi connectivity index (χ0v) is 12.3. The van der Waals surface area contributed by atoms with Crippen molar-refractivity contribution >= 4 is 10.0 Å². The Labute approximate surface area is 119 Å². The number of halogens is 1. The summed E-state index contributed by atoms with van der Waals surface area (Å²) in [5.74, 6) is -0.00442. The molecule has 1 aromatic rings. The van der Waals surface area contributed by atoms with Crippen LogP contribution in [0.15, 0.2) is 17.0 Å². The van der Waals surface area contributed by atoms with Gasteiger partial charge in [0.1, 0.15) is 5.82 Å². The normalized spacial score (nSPS) is 16.1. The maximum absolute atomic E-state index is 13.7. The van der Waals surface area contributed by atoms with E-state index in [-0.39, 0.29) is 22.6 Å². The Morgan fingerprint density at radius 1 is 1.40 bits per heavy atom.